The Hall–Kier alpha value is -1.49. The van der Waals surface area contributed by atoms with Crippen molar-refractivity contribution in [3.05, 3.63) is 24.3 Å². The van der Waals surface area contributed by atoms with E-state index in [1.54, 1.807) is 0 Å². The number of hydrogen-bond acceptors (Lipinski definition) is 4. The first-order valence-electron chi connectivity index (χ1n) is 7.50. The molecule has 2 aromatic rings. The molecule has 0 radical (unpaired) electrons. The molecule has 1 saturated carbocycles. The first-order chi connectivity index (χ1) is 10.2. The highest BCUT2D eigenvalue weighted by Crippen LogP contribution is 2.25. The maximum absolute atomic E-state index is 12.0. The average molecular weight is 304 g/mol. The van der Waals surface area contributed by atoms with Crippen LogP contribution in [0.5, 0.6) is 0 Å². The number of rotatable bonds is 4. The van der Waals surface area contributed by atoms with E-state index in [-0.39, 0.29) is 5.91 Å². The summed E-state index contributed by atoms with van der Waals surface area (Å²) in [5, 5.41) is 3.70. The molecule has 0 spiro atoms. The number of hydrogen-bond donors (Lipinski definition) is 1. The fourth-order valence-corrected chi connectivity index (χ4v) is 3.47. The van der Waals surface area contributed by atoms with Gasteiger partial charge in [-0.25, -0.2) is 4.98 Å². The molecule has 1 N–H and O–H groups in total. The van der Waals surface area contributed by atoms with Crippen LogP contribution in [0.2, 0.25) is 0 Å². The smallest absolute Gasteiger partial charge is 0.257 e. The molecule has 0 bridgehead atoms. The van der Waals surface area contributed by atoms with Crippen molar-refractivity contribution in [3.8, 4) is 0 Å². The van der Waals surface area contributed by atoms with Gasteiger partial charge in [-0.3, -0.25) is 4.79 Å². The summed E-state index contributed by atoms with van der Waals surface area (Å²) in [6.07, 6.45) is 4.81. The van der Waals surface area contributed by atoms with Gasteiger partial charge in [0, 0.05) is 6.04 Å². The second kappa shape index (κ2) is 6.52. The molecule has 1 amide bonds. The number of nitrogens with one attached hydrogen (secondary N) is 1. The van der Waals surface area contributed by atoms with Gasteiger partial charge in [-0.05, 0) is 30.9 Å². The quantitative estimate of drug-likeness (QED) is 0.877. The summed E-state index contributed by atoms with van der Waals surface area (Å²) in [5.41, 5.74) is 1.60. The van der Waals surface area contributed by atoms with Gasteiger partial charge in [0.2, 0.25) is 5.91 Å². The number of oxazole rings is 1. The molecule has 3 rings (SSSR count). The molecule has 1 heterocycles. The molecule has 112 valence electrons. The number of carbonyl (C=O) groups excluding carboxylic acids is 1. The third-order valence-electron chi connectivity index (χ3n) is 4.06. The third kappa shape index (κ3) is 3.59. The number of nitrogens with zero attached hydrogens (tertiary/aromatic N) is 1. The van der Waals surface area contributed by atoms with Crippen molar-refractivity contribution in [1.82, 2.24) is 10.3 Å². The van der Waals surface area contributed by atoms with Gasteiger partial charge >= 0.3 is 0 Å². The van der Waals surface area contributed by atoms with E-state index in [4.69, 9.17) is 4.42 Å². The molecule has 1 aromatic carbocycles. The van der Waals surface area contributed by atoms with Gasteiger partial charge in [0.15, 0.2) is 5.58 Å². The molecule has 1 aromatic heterocycles. The van der Waals surface area contributed by atoms with Gasteiger partial charge in [-0.1, -0.05) is 43.7 Å². The molecule has 4 nitrogen and oxygen atoms in total. The van der Waals surface area contributed by atoms with Crippen LogP contribution in [0.3, 0.4) is 0 Å². The van der Waals surface area contributed by atoms with E-state index < -0.39 is 0 Å². The second-order valence-corrected chi connectivity index (χ2v) is 6.60. The van der Waals surface area contributed by atoms with Gasteiger partial charge in [0.1, 0.15) is 5.52 Å². The number of amides is 1. The Bertz CT molecular complexity index is 593. The number of thioether (sulfide) groups is 1. The van der Waals surface area contributed by atoms with Crippen LogP contribution >= 0.6 is 11.8 Å². The topological polar surface area (TPSA) is 55.1 Å². The van der Waals surface area contributed by atoms with E-state index in [2.05, 4.69) is 17.2 Å². The number of aromatic nitrogens is 1. The lowest BCUT2D eigenvalue weighted by Crippen LogP contribution is -2.41. The first kappa shape index (κ1) is 14.4. The summed E-state index contributed by atoms with van der Waals surface area (Å²) in [7, 11) is 0. The predicted molar refractivity (Wildman–Crippen MR) is 84.3 cm³/mol. The Labute approximate surface area is 128 Å². The van der Waals surface area contributed by atoms with Crippen LogP contribution in [0.15, 0.2) is 33.9 Å². The largest absolute Gasteiger partial charge is 0.431 e. The zero-order chi connectivity index (χ0) is 14.7. The lowest BCUT2D eigenvalue weighted by Gasteiger charge is -2.29. The predicted octanol–water partition coefficient (Wildman–Crippen LogP) is 3.61. The van der Waals surface area contributed by atoms with E-state index in [9.17, 15) is 4.79 Å². The molecule has 2 atom stereocenters. The molecule has 0 unspecified atom stereocenters. The Morgan fingerprint density at radius 1 is 1.38 bits per heavy atom. The van der Waals surface area contributed by atoms with Crippen LogP contribution in [0, 0.1) is 5.92 Å². The Morgan fingerprint density at radius 3 is 3.00 bits per heavy atom. The minimum Gasteiger partial charge on any atom is -0.431 e. The SMILES string of the molecule is C[C@H]1CCCC[C@@H]1NC(=O)CSc1nc2ccccc2o1. The van der Waals surface area contributed by atoms with Gasteiger partial charge in [0.05, 0.1) is 5.75 Å². The first-order valence-corrected chi connectivity index (χ1v) is 8.48. The molecule has 0 saturated heterocycles. The summed E-state index contributed by atoms with van der Waals surface area (Å²) >= 11 is 1.35. The second-order valence-electron chi connectivity index (χ2n) is 5.67. The van der Waals surface area contributed by atoms with E-state index >= 15 is 0 Å². The van der Waals surface area contributed by atoms with Crippen molar-refractivity contribution in [2.45, 2.75) is 43.9 Å². The maximum atomic E-state index is 12.0. The minimum absolute atomic E-state index is 0.0704. The van der Waals surface area contributed by atoms with Gasteiger partial charge in [-0.15, -0.1) is 0 Å². The van der Waals surface area contributed by atoms with Crippen LogP contribution in [-0.4, -0.2) is 22.7 Å². The molecular weight excluding hydrogens is 284 g/mol. The third-order valence-corrected chi connectivity index (χ3v) is 4.89. The van der Waals surface area contributed by atoms with Crippen molar-refractivity contribution < 1.29 is 9.21 Å². The Kier molecular flexibility index (Phi) is 4.48. The lowest BCUT2D eigenvalue weighted by molar-refractivity contribution is -0.119. The lowest BCUT2D eigenvalue weighted by atomic mass is 9.86. The highest BCUT2D eigenvalue weighted by Gasteiger charge is 2.22. The van der Waals surface area contributed by atoms with Crippen LogP contribution in [-0.2, 0) is 4.79 Å². The maximum Gasteiger partial charge on any atom is 0.257 e. The summed E-state index contributed by atoms with van der Waals surface area (Å²) in [4.78, 5) is 16.4. The standard InChI is InChI=1S/C16H20N2O2S/c1-11-6-2-3-7-12(11)17-15(19)10-21-16-18-13-8-4-5-9-14(13)20-16/h4-5,8-9,11-12H,2-3,6-7,10H2,1H3,(H,17,19)/t11-,12-/m0/s1. The number of fused-ring (bicyclic) bond motifs is 1. The van der Waals surface area contributed by atoms with Crippen LogP contribution in [0.4, 0.5) is 0 Å². The van der Waals surface area contributed by atoms with Crippen molar-refractivity contribution in [3.63, 3.8) is 0 Å². The molecule has 5 heteroatoms. The highest BCUT2D eigenvalue weighted by atomic mass is 32.2. The van der Waals surface area contributed by atoms with E-state index in [0.29, 0.717) is 22.9 Å². The van der Waals surface area contributed by atoms with Gasteiger partial charge in [-0.2, -0.15) is 0 Å². The zero-order valence-corrected chi connectivity index (χ0v) is 13.0. The van der Waals surface area contributed by atoms with E-state index in [0.717, 1.165) is 17.5 Å². The molecule has 1 fully saturated rings. The zero-order valence-electron chi connectivity index (χ0n) is 12.2. The van der Waals surface area contributed by atoms with Crippen molar-refractivity contribution in [1.29, 1.82) is 0 Å². The summed E-state index contributed by atoms with van der Waals surface area (Å²) in [6.45, 7) is 2.22. The fourth-order valence-electron chi connectivity index (χ4n) is 2.82. The van der Waals surface area contributed by atoms with Crippen molar-refractivity contribution >= 4 is 28.8 Å². The van der Waals surface area contributed by atoms with Crippen molar-refractivity contribution in [2.24, 2.45) is 5.92 Å². The molecule has 0 aliphatic heterocycles. The van der Waals surface area contributed by atoms with Gasteiger partial charge < -0.3 is 9.73 Å². The minimum atomic E-state index is 0.0704. The molecule has 1 aliphatic rings. The van der Waals surface area contributed by atoms with E-state index in [1.807, 2.05) is 24.3 Å². The fraction of sp³-hybridized carbons (Fsp3) is 0.500. The Morgan fingerprint density at radius 2 is 2.19 bits per heavy atom. The van der Waals surface area contributed by atoms with Crippen LogP contribution < -0.4 is 5.32 Å². The van der Waals surface area contributed by atoms with E-state index in [1.165, 1.54) is 31.0 Å². The Balaban J connectivity index is 1.53. The molecule has 21 heavy (non-hydrogen) atoms. The number of carbonyl (C=O) groups is 1. The number of benzene rings is 1. The average Bonchev–Trinajstić information content (AvgIpc) is 2.90. The van der Waals surface area contributed by atoms with Crippen LogP contribution in [0.25, 0.3) is 11.1 Å². The molecule has 1 aliphatic carbocycles. The monoisotopic (exact) mass is 304 g/mol. The molecular formula is C16H20N2O2S. The normalized spacial score (nSPS) is 22.3. The summed E-state index contributed by atoms with van der Waals surface area (Å²) < 4.78 is 5.60. The number of para-hydroxylation sites is 2. The van der Waals surface area contributed by atoms with Gasteiger partial charge in [0.25, 0.3) is 5.22 Å². The van der Waals surface area contributed by atoms with Crippen LogP contribution in [0.1, 0.15) is 32.6 Å². The summed E-state index contributed by atoms with van der Waals surface area (Å²) in [5.74, 6) is 1.01. The van der Waals surface area contributed by atoms with Crippen molar-refractivity contribution in [2.75, 3.05) is 5.75 Å². The summed E-state index contributed by atoms with van der Waals surface area (Å²) in [6, 6.07) is 7.97. The highest BCUT2D eigenvalue weighted by molar-refractivity contribution is 7.99.